The number of nitrogens with zero attached hydrogens (tertiary/aromatic N) is 7. The minimum Gasteiger partial charge on any atom is -0.323 e. The average Bonchev–Trinajstić information content (AvgIpc) is 3.46. The molecule has 33 heavy (non-hydrogen) atoms. The number of nitriles is 1. The molecule has 12 heteroatoms. The second-order valence-corrected chi connectivity index (χ2v) is 11.0. The van der Waals surface area contributed by atoms with Gasteiger partial charge in [-0.3, -0.25) is 9.67 Å². The van der Waals surface area contributed by atoms with Crippen molar-refractivity contribution in [2.24, 2.45) is 0 Å². The van der Waals surface area contributed by atoms with E-state index >= 15 is 0 Å². The number of rotatable bonds is 7. The summed E-state index contributed by atoms with van der Waals surface area (Å²) in [7, 11) is -3.31. The van der Waals surface area contributed by atoms with Gasteiger partial charge in [0.15, 0.2) is 0 Å². The quantitative estimate of drug-likeness (QED) is 0.427. The number of hydrogen-bond acceptors (Lipinski definition) is 9. The molecule has 1 aliphatic heterocycles. The molecule has 5 rings (SSSR count). The van der Waals surface area contributed by atoms with Gasteiger partial charge in [0, 0.05) is 31.0 Å². The van der Waals surface area contributed by atoms with Crippen molar-refractivity contribution in [1.82, 2.24) is 29.0 Å². The first-order valence-corrected chi connectivity index (χ1v) is 12.8. The molecule has 1 saturated heterocycles. The molecule has 0 unspecified atom stereocenters. The van der Waals surface area contributed by atoms with Crippen LogP contribution in [-0.4, -0.2) is 56.3 Å². The molecule has 168 valence electrons. The average molecular weight is 481 g/mol. The van der Waals surface area contributed by atoms with Gasteiger partial charge in [0.1, 0.15) is 5.54 Å². The number of fused-ring (bicyclic) bond motifs is 1. The van der Waals surface area contributed by atoms with Gasteiger partial charge in [0.25, 0.3) is 0 Å². The first-order valence-electron chi connectivity index (χ1n) is 10.3. The molecule has 10 nitrogen and oxygen atoms in total. The van der Waals surface area contributed by atoms with E-state index in [0.29, 0.717) is 5.95 Å². The fourth-order valence-electron chi connectivity index (χ4n) is 3.86. The molecule has 0 aromatic carbocycles. The van der Waals surface area contributed by atoms with Crippen molar-refractivity contribution >= 4 is 43.2 Å². The Kier molecular flexibility index (Phi) is 5.32. The summed E-state index contributed by atoms with van der Waals surface area (Å²) in [4.78, 5) is 13.4. The molecular weight excluding hydrogens is 460 g/mol. The number of aromatic nitrogens is 5. The van der Waals surface area contributed by atoms with E-state index in [9.17, 15) is 13.7 Å². The number of sulfonamides is 1. The lowest BCUT2D eigenvalue weighted by Gasteiger charge is -2.47. The van der Waals surface area contributed by atoms with Crippen molar-refractivity contribution in [2.75, 3.05) is 24.2 Å². The van der Waals surface area contributed by atoms with Crippen molar-refractivity contribution in [2.45, 2.75) is 18.9 Å². The molecule has 0 amide bonds. The maximum absolute atomic E-state index is 12.2. The molecule has 0 aliphatic carbocycles. The summed E-state index contributed by atoms with van der Waals surface area (Å²) in [6.07, 6.45) is 7.08. The van der Waals surface area contributed by atoms with E-state index in [1.54, 1.807) is 30.2 Å². The lowest BCUT2D eigenvalue weighted by Crippen LogP contribution is -2.64. The highest BCUT2D eigenvalue weighted by molar-refractivity contribution is 7.89. The zero-order valence-electron chi connectivity index (χ0n) is 17.7. The summed E-state index contributed by atoms with van der Waals surface area (Å²) in [5.41, 5.74) is 2.38. The van der Waals surface area contributed by atoms with Crippen LogP contribution >= 0.6 is 11.3 Å². The van der Waals surface area contributed by atoms with Crippen molar-refractivity contribution in [3.63, 3.8) is 0 Å². The van der Waals surface area contributed by atoms with Crippen molar-refractivity contribution < 1.29 is 8.42 Å². The van der Waals surface area contributed by atoms with Gasteiger partial charge in [-0.25, -0.2) is 18.4 Å². The Labute approximate surface area is 194 Å². The smallest absolute Gasteiger partial charge is 0.228 e. The van der Waals surface area contributed by atoms with Gasteiger partial charge in [-0.15, -0.1) is 11.3 Å². The SMILES string of the molecule is CCS(=O)(=O)N1CC(CC#N)(n2cc(-c3nc(Nc4cccnc4)nc4ccsc34)cn2)C1. The van der Waals surface area contributed by atoms with Crippen LogP contribution in [0, 0.1) is 11.3 Å². The Morgan fingerprint density at radius 2 is 2.12 bits per heavy atom. The molecule has 0 spiro atoms. The molecule has 0 bridgehead atoms. The summed E-state index contributed by atoms with van der Waals surface area (Å²) in [6, 6.07) is 7.82. The van der Waals surface area contributed by atoms with Gasteiger partial charge in [-0.2, -0.15) is 14.7 Å². The van der Waals surface area contributed by atoms with Crippen LogP contribution in [0.15, 0.2) is 48.4 Å². The minimum absolute atomic E-state index is 0.0317. The third-order valence-corrected chi connectivity index (χ3v) is 8.36. The van der Waals surface area contributed by atoms with Crippen molar-refractivity contribution in [1.29, 1.82) is 5.26 Å². The van der Waals surface area contributed by atoms with Crippen LogP contribution in [0.5, 0.6) is 0 Å². The highest BCUT2D eigenvalue weighted by Crippen LogP contribution is 2.37. The van der Waals surface area contributed by atoms with E-state index in [4.69, 9.17) is 4.98 Å². The predicted molar refractivity (Wildman–Crippen MR) is 125 cm³/mol. The number of nitrogens with one attached hydrogen (secondary N) is 1. The zero-order valence-corrected chi connectivity index (χ0v) is 19.3. The van der Waals surface area contributed by atoms with Gasteiger partial charge in [0.2, 0.25) is 16.0 Å². The summed E-state index contributed by atoms with van der Waals surface area (Å²) in [5.74, 6) is 0.469. The largest absolute Gasteiger partial charge is 0.323 e. The van der Waals surface area contributed by atoms with Crippen molar-refractivity contribution in [3.05, 3.63) is 48.4 Å². The maximum atomic E-state index is 12.2. The van der Waals surface area contributed by atoms with Crippen LogP contribution in [0.4, 0.5) is 11.6 Å². The molecule has 1 fully saturated rings. The van der Waals surface area contributed by atoms with E-state index in [-0.39, 0.29) is 25.3 Å². The summed E-state index contributed by atoms with van der Waals surface area (Å²) >= 11 is 1.54. The van der Waals surface area contributed by atoms with E-state index in [1.807, 2.05) is 29.8 Å². The lowest BCUT2D eigenvalue weighted by atomic mass is 9.89. The van der Waals surface area contributed by atoms with Crippen LogP contribution < -0.4 is 5.32 Å². The van der Waals surface area contributed by atoms with E-state index in [1.165, 1.54) is 15.6 Å². The van der Waals surface area contributed by atoms with E-state index < -0.39 is 15.6 Å². The van der Waals surface area contributed by atoms with E-state index in [0.717, 1.165) is 27.2 Å². The van der Waals surface area contributed by atoms with Crippen LogP contribution in [-0.2, 0) is 15.6 Å². The molecule has 0 radical (unpaired) electrons. The summed E-state index contributed by atoms with van der Waals surface area (Å²) in [5, 5.41) is 19.0. The second kappa shape index (κ2) is 8.18. The standard InChI is InChI=1S/C21H20N8O2S2/c1-2-33(30,31)28-13-21(14-28,6-7-22)29-12-15(10-24-29)18-19-17(5-9-32-19)26-20(27-18)25-16-4-3-8-23-11-16/h3-5,8-12H,2,6,13-14H2,1H3,(H,25,26,27). The topological polar surface area (TPSA) is 130 Å². The highest BCUT2D eigenvalue weighted by Gasteiger charge is 2.49. The molecule has 0 saturated carbocycles. The number of hydrogen-bond donors (Lipinski definition) is 1. The molecule has 4 aromatic heterocycles. The van der Waals surface area contributed by atoms with Gasteiger partial charge in [0.05, 0.1) is 52.2 Å². The van der Waals surface area contributed by atoms with Crippen LogP contribution in [0.3, 0.4) is 0 Å². The normalized spacial score (nSPS) is 15.8. The molecule has 1 N–H and O–H groups in total. The Morgan fingerprint density at radius 3 is 2.85 bits per heavy atom. The first kappa shape index (κ1) is 21.4. The number of anilines is 2. The summed E-state index contributed by atoms with van der Waals surface area (Å²) in [6.45, 7) is 2.07. The maximum Gasteiger partial charge on any atom is 0.228 e. The van der Waals surface area contributed by atoms with Gasteiger partial charge < -0.3 is 5.32 Å². The fourth-order valence-corrected chi connectivity index (χ4v) is 5.94. The van der Waals surface area contributed by atoms with Crippen LogP contribution in [0.25, 0.3) is 21.5 Å². The second-order valence-electron chi connectivity index (χ2n) is 7.80. The molecular formula is C21H20N8O2S2. The third kappa shape index (κ3) is 3.84. The Morgan fingerprint density at radius 1 is 1.27 bits per heavy atom. The highest BCUT2D eigenvalue weighted by atomic mass is 32.2. The Hall–Kier alpha value is -3.40. The lowest BCUT2D eigenvalue weighted by molar-refractivity contribution is 0.0719. The monoisotopic (exact) mass is 480 g/mol. The third-order valence-electron chi connectivity index (χ3n) is 5.67. The van der Waals surface area contributed by atoms with Gasteiger partial charge >= 0.3 is 0 Å². The molecule has 4 aromatic rings. The van der Waals surface area contributed by atoms with E-state index in [2.05, 4.69) is 26.5 Å². The van der Waals surface area contributed by atoms with Gasteiger partial charge in [-0.05, 0) is 30.5 Å². The number of thiophene rings is 1. The minimum atomic E-state index is -3.31. The number of pyridine rings is 1. The summed E-state index contributed by atoms with van der Waals surface area (Å²) < 4.78 is 28.5. The van der Waals surface area contributed by atoms with Gasteiger partial charge in [-0.1, -0.05) is 0 Å². The first-order chi connectivity index (χ1) is 15.9. The molecule has 5 heterocycles. The predicted octanol–water partition coefficient (Wildman–Crippen LogP) is 2.97. The fraction of sp³-hybridized carbons (Fsp3) is 0.286. The van der Waals surface area contributed by atoms with Crippen molar-refractivity contribution in [3.8, 4) is 17.3 Å². The van der Waals surface area contributed by atoms with Crippen LogP contribution in [0.2, 0.25) is 0 Å². The molecule has 1 aliphatic rings. The Bertz CT molecular complexity index is 1450. The zero-order chi connectivity index (χ0) is 23.1. The Balaban J connectivity index is 1.50. The van der Waals surface area contributed by atoms with Crippen LogP contribution in [0.1, 0.15) is 13.3 Å². The molecule has 0 atom stereocenters.